The first-order valence-electron chi connectivity index (χ1n) is 7.68. The van der Waals surface area contributed by atoms with E-state index in [0.29, 0.717) is 13.0 Å². The van der Waals surface area contributed by atoms with Gasteiger partial charge < -0.3 is 4.74 Å². The number of carbonyl (C=O) groups is 1. The van der Waals surface area contributed by atoms with Crippen LogP contribution in [0, 0.1) is 5.82 Å². The molecule has 1 aromatic carbocycles. The van der Waals surface area contributed by atoms with Crippen molar-refractivity contribution >= 4 is 16.3 Å². The van der Waals surface area contributed by atoms with Gasteiger partial charge in [-0.15, -0.1) is 0 Å². The summed E-state index contributed by atoms with van der Waals surface area (Å²) in [5, 5.41) is 0. The highest BCUT2D eigenvalue weighted by atomic mass is 32.2. The van der Waals surface area contributed by atoms with E-state index in [2.05, 4.69) is 0 Å². The molecule has 2 fully saturated rings. The van der Waals surface area contributed by atoms with Gasteiger partial charge in [0.05, 0.1) is 12.6 Å². The Morgan fingerprint density at radius 2 is 1.92 bits per heavy atom. The zero-order chi connectivity index (χ0) is 17.5. The lowest BCUT2D eigenvalue weighted by Crippen LogP contribution is -2.43. The third-order valence-corrected chi connectivity index (χ3v) is 6.31. The van der Waals surface area contributed by atoms with Gasteiger partial charge in [-0.3, -0.25) is 4.90 Å². The van der Waals surface area contributed by atoms with Crippen molar-refractivity contribution in [1.82, 2.24) is 13.5 Å². The van der Waals surface area contributed by atoms with Gasteiger partial charge in [0.15, 0.2) is 0 Å². The number of hydrogen-bond acceptors (Lipinski definition) is 4. The summed E-state index contributed by atoms with van der Waals surface area (Å²) in [7, 11) is -0.576. The number of halogens is 1. The van der Waals surface area contributed by atoms with Gasteiger partial charge in [0.2, 0.25) is 0 Å². The van der Waals surface area contributed by atoms with E-state index in [1.54, 1.807) is 17.0 Å². The topological polar surface area (TPSA) is 70.2 Å². The molecule has 3 rings (SSSR count). The molecule has 0 aliphatic carbocycles. The van der Waals surface area contributed by atoms with Crippen LogP contribution in [0.5, 0.6) is 0 Å². The lowest BCUT2D eigenvalue weighted by atomic mass is 10.1. The van der Waals surface area contributed by atoms with Crippen LogP contribution in [-0.4, -0.2) is 73.9 Å². The van der Waals surface area contributed by atoms with Gasteiger partial charge in [-0.1, -0.05) is 12.1 Å². The minimum Gasteiger partial charge on any atom is -0.442 e. The minimum absolute atomic E-state index is 0.171. The van der Waals surface area contributed by atoms with Crippen molar-refractivity contribution in [2.24, 2.45) is 0 Å². The predicted octanol–water partition coefficient (Wildman–Crippen LogP) is 0.680. The lowest BCUT2D eigenvalue weighted by molar-refractivity contribution is 0.129. The fourth-order valence-corrected chi connectivity index (χ4v) is 4.19. The van der Waals surface area contributed by atoms with Crippen molar-refractivity contribution in [2.45, 2.75) is 18.6 Å². The quantitative estimate of drug-likeness (QED) is 0.777. The van der Waals surface area contributed by atoms with E-state index in [-0.39, 0.29) is 24.9 Å². The summed E-state index contributed by atoms with van der Waals surface area (Å²) >= 11 is 0. The normalized spacial score (nSPS) is 24.5. The third-order valence-electron chi connectivity index (χ3n) is 4.43. The SMILES string of the molecule is CN(C)S(=O)(=O)N1C[C@@H]2OC(=O)N(CCc3ccc(F)cc3)[C@@H]2C1. The molecular weight excluding hydrogens is 337 g/mol. The van der Waals surface area contributed by atoms with Crippen LogP contribution in [0.4, 0.5) is 9.18 Å². The summed E-state index contributed by atoms with van der Waals surface area (Å²) < 4.78 is 45.2. The minimum atomic E-state index is -3.52. The Hall–Kier alpha value is -1.71. The number of nitrogens with zero attached hydrogens (tertiary/aromatic N) is 3. The van der Waals surface area contributed by atoms with E-state index in [1.807, 2.05) is 0 Å². The highest BCUT2D eigenvalue weighted by molar-refractivity contribution is 7.86. The van der Waals surface area contributed by atoms with Gasteiger partial charge in [0, 0.05) is 27.2 Å². The van der Waals surface area contributed by atoms with E-state index in [1.165, 1.54) is 30.5 Å². The van der Waals surface area contributed by atoms with Gasteiger partial charge in [-0.2, -0.15) is 17.0 Å². The number of carbonyl (C=O) groups excluding carboxylic acids is 1. The summed E-state index contributed by atoms with van der Waals surface area (Å²) in [6.45, 7) is 0.797. The molecule has 0 bridgehead atoms. The second kappa shape index (κ2) is 6.30. The Bertz CT molecular complexity index is 723. The Kier molecular flexibility index (Phi) is 4.50. The summed E-state index contributed by atoms with van der Waals surface area (Å²) in [6, 6.07) is 5.81. The molecule has 2 atom stereocenters. The van der Waals surface area contributed by atoms with Gasteiger partial charge >= 0.3 is 6.09 Å². The molecule has 2 aliphatic rings. The van der Waals surface area contributed by atoms with Crippen LogP contribution < -0.4 is 0 Å². The fourth-order valence-electron chi connectivity index (χ4n) is 3.05. The highest BCUT2D eigenvalue weighted by Gasteiger charge is 2.50. The van der Waals surface area contributed by atoms with Crippen molar-refractivity contribution in [3.8, 4) is 0 Å². The van der Waals surface area contributed by atoms with Crippen LogP contribution in [0.2, 0.25) is 0 Å². The van der Waals surface area contributed by atoms with Crippen molar-refractivity contribution in [3.63, 3.8) is 0 Å². The zero-order valence-electron chi connectivity index (χ0n) is 13.6. The standard InChI is InChI=1S/C15H20FN3O4S/c1-17(2)24(21,22)18-9-13-14(10-18)23-15(20)19(13)8-7-11-3-5-12(16)6-4-11/h3-6,13-14H,7-10H2,1-2H3/t13-,14+/m1/s1. The molecule has 1 aromatic rings. The largest absolute Gasteiger partial charge is 0.442 e. The fraction of sp³-hybridized carbons (Fsp3) is 0.533. The molecule has 0 spiro atoms. The molecule has 9 heteroatoms. The molecule has 132 valence electrons. The molecule has 0 saturated carbocycles. The van der Waals surface area contributed by atoms with Gasteiger partial charge in [0.1, 0.15) is 11.9 Å². The first-order valence-corrected chi connectivity index (χ1v) is 9.08. The summed E-state index contributed by atoms with van der Waals surface area (Å²) in [6.07, 6.45) is -0.312. The van der Waals surface area contributed by atoms with Gasteiger partial charge in [-0.25, -0.2) is 9.18 Å². The molecule has 2 heterocycles. The molecule has 0 radical (unpaired) electrons. The molecule has 0 aromatic heterocycles. The third kappa shape index (κ3) is 3.11. The lowest BCUT2D eigenvalue weighted by Gasteiger charge is -2.24. The maximum Gasteiger partial charge on any atom is 0.410 e. The molecule has 0 N–H and O–H groups in total. The Labute approximate surface area is 140 Å². The van der Waals surface area contributed by atoms with E-state index >= 15 is 0 Å². The van der Waals surface area contributed by atoms with Crippen molar-refractivity contribution in [2.75, 3.05) is 33.7 Å². The summed E-state index contributed by atoms with van der Waals surface area (Å²) in [5.74, 6) is -0.306. The highest BCUT2D eigenvalue weighted by Crippen LogP contribution is 2.29. The number of benzene rings is 1. The van der Waals surface area contributed by atoms with Gasteiger partial charge in [-0.05, 0) is 24.1 Å². The maximum atomic E-state index is 12.9. The van der Waals surface area contributed by atoms with Crippen LogP contribution in [-0.2, 0) is 21.4 Å². The van der Waals surface area contributed by atoms with Crippen molar-refractivity contribution < 1.29 is 22.3 Å². The molecule has 2 aliphatic heterocycles. The molecule has 24 heavy (non-hydrogen) atoms. The number of fused-ring (bicyclic) bond motifs is 1. The Morgan fingerprint density at radius 1 is 1.25 bits per heavy atom. The van der Waals surface area contributed by atoms with Crippen LogP contribution in [0.15, 0.2) is 24.3 Å². The van der Waals surface area contributed by atoms with E-state index in [0.717, 1.165) is 9.87 Å². The molecular formula is C15H20FN3O4S. The summed E-state index contributed by atoms with van der Waals surface area (Å²) in [4.78, 5) is 13.6. The average Bonchev–Trinajstić information content (AvgIpc) is 3.05. The number of ether oxygens (including phenoxy) is 1. The van der Waals surface area contributed by atoms with Crippen molar-refractivity contribution in [3.05, 3.63) is 35.6 Å². The van der Waals surface area contributed by atoms with E-state index < -0.39 is 22.4 Å². The number of hydrogen-bond donors (Lipinski definition) is 0. The first kappa shape index (κ1) is 17.1. The van der Waals surface area contributed by atoms with E-state index in [9.17, 15) is 17.6 Å². The average molecular weight is 357 g/mol. The molecule has 0 unspecified atom stereocenters. The number of amides is 1. The Morgan fingerprint density at radius 3 is 2.54 bits per heavy atom. The second-order valence-corrected chi connectivity index (χ2v) is 8.31. The maximum absolute atomic E-state index is 12.9. The zero-order valence-corrected chi connectivity index (χ0v) is 14.4. The smallest absolute Gasteiger partial charge is 0.410 e. The molecule has 1 amide bonds. The summed E-state index contributed by atoms with van der Waals surface area (Å²) in [5.41, 5.74) is 0.906. The Balaban J connectivity index is 1.67. The van der Waals surface area contributed by atoms with Crippen LogP contribution in [0.25, 0.3) is 0 Å². The monoisotopic (exact) mass is 357 g/mol. The van der Waals surface area contributed by atoms with Gasteiger partial charge in [0.25, 0.3) is 10.2 Å². The van der Waals surface area contributed by atoms with Crippen LogP contribution in [0.3, 0.4) is 0 Å². The van der Waals surface area contributed by atoms with Crippen LogP contribution >= 0.6 is 0 Å². The molecule has 2 saturated heterocycles. The van der Waals surface area contributed by atoms with Crippen molar-refractivity contribution in [1.29, 1.82) is 0 Å². The van der Waals surface area contributed by atoms with E-state index in [4.69, 9.17) is 4.74 Å². The first-order chi connectivity index (χ1) is 11.3. The molecule has 7 nitrogen and oxygen atoms in total. The van der Waals surface area contributed by atoms with Crippen LogP contribution in [0.1, 0.15) is 5.56 Å². The number of rotatable bonds is 5. The predicted molar refractivity (Wildman–Crippen MR) is 85.0 cm³/mol. The second-order valence-electron chi connectivity index (χ2n) is 6.17.